The lowest BCUT2D eigenvalue weighted by atomic mass is 9.95. The van der Waals surface area contributed by atoms with Crippen molar-refractivity contribution in [2.75, 3.05) is 27.3 Å². The molecule has 0 saturated carbocycles. The molecule has 1 aliphatic rings. The lowest BCUT2D eigenvalue weighted by Crippen LogP contribution is -2.39. The second-order valence-corrected chi connectivity index (χ2v) is 5.96. The van der Waals surface area contributed by atoms with Gasteiger partial charge in [-0.05, 0) is 18.9 Å². The van der Waals surface area contributed by atoms with Crippen molar-refractivity contribution < 1.29 is 14.3 Å². The Bertz CT molecular complexity index is 677. The number of carbonyl (C=O) groups excluding carboxylic acids is 1. The van der Waals surface area contributed by atoms with Gasteiger partial charge >= 0.3 is 0 Å². The Labute approximate surface area is 141 Å². The summed E-state index contributed by atoms with van der Waals surface area (Å²) in [5, 5.41) is 0. The molecule has 1 aromatic heterocycles. The normalized spacial score (nSPS) is 15.3. The molecule has 128 valence electrons. The number of rotatable bonds is 5. The number of ether oxygens (including phenoxy) is 2. The molecule has 6 heteroatoms. The largest absolute Gasteiger partial charge is 0.493 e. The number of aromatic nitrogens is 2. The van der Waals surface area contributed by atoms with Crippen LogP contribution in [0.2, 0.25) is 0 Å². The first-order chi connectivity index (χ1) is 11.7. The summed E-state index contributed by atoms with van der Waals surface area (Å²) in [6, 6.07) is 5.63. The third kappa shape index (κ3) is 3.37. The zero-order chi connectivity index (χ0) is 16.9. The number of para-hydroxylation sites is 1. The van der Waals surface area contributed by atoms with Crippen molar-refractivity contribution in [3.63, 3.8) is 0 Å². The SMILES string of the molecule is COc1cccc(CC(=O)N2CCC(c3ncc[nH]3)CC2)c1OC. The van der Waals surface area contributed by atoms with Gasteiger partial charge in [0.2, 0.25) is 5.91 Å². The molecule has 1 aliphatic heterocycles. The summed E-state index contributed by atoms with van der Waals surface area (Å²) in [6.45, 7) is 1.52. The monoisotopic (exact) mass is 329 g/mol. The van der Waals surface area contributed by atoms with Crippen molar-refractivity contribution in [3.8, 4) is 11.5 Å². The predicted molar refractivity (Wildman–Crippen MR) is 90.4 cm³/mol. The summed E-state index contributed by atoms with van der Waals surface area (Å²) in [5.74, 6) is 2.85. The highest BCUT2D eigenvalue weighted by Gasteiger charge is 2.25. The number of carbonyl (C=O) groups is 1. The molecule has 0 spiro atoms. The Kier molecular flexibility index (Phi) is 5.03. The van der Waals surface area contributed by atoms with Gasteiger partial charge < -0.3 is 19.4 Å². The van der Waals surface area contributed by atoms with E-state index in [9.17, 15) is 4.79 Å². The van der Waals surface area contributed by atoms with Gasteiger partial charge in [-0.2, -0.15) is 0 Å². The van der Waals surface area contributed by atoms with Crippen LogP contribution in [0.4, 0.5) is 0 Å². The summed E-state index contributed by atoms with van der Waals surface area (Å²) in [5.41, 5.74) is 0.856. The number of piperidine rings is 1. The summed E-state index contributed by atoms with van der Waals surface area (Å²) >= 11 is 0. The number of methoxy groups -OCH3 is 2. The predicted octanol–water partition coefficient (Wildman–Crippen LogP) is 2.38. The highest BCUT2D eigenvalue weighted by molar-refractivity contribution is 5.80. The third-order valence-electron chi connectivity index (χ3n) is 4.58. The maximum Gasteiger partial charge on any atom is 0.227 e. The molecule has 1 aromatic carbocycles. The van der Waals surface area contributed by atoms with E-state index >= 15 is 0 Å². The van der Waals surface area contributed by atoms with E-state index in [-0.39, 0.29) is 5.91 Å². The smallest absolute Gasteiger partial charge is 0.227 e. The highest BCUT2D eigenvalue weighted by Crippen LogP contribution is 2.32. The lowest BCUT2D eigenvalue weighted by Gasteiger charge is -2.31. The number of hydrogen-bond donors (Lipinski definition) is 1. The molecular weight excluding hydrogens is 306 g/mol. The van der Waals surface area contributed by atoms with Crippen LogP contribution in [0.15, 0.2) is 30.6 Å². The van der Waals surface area contributed by atoms with Gasteiger partial charge in [-0.1, -0.05) is 12.1 Å². The second-order valence-electron chi connectivity index (χ2n) is 5.96. The molecule has 1 N–H and O–H groups in total. The van der Waals surface area contributed by atoms with Gasteiger partial charge in [0.15, 0.2) is 11.5 Å². The molecule has 0 bridgehead atoms. The van der Waals surface area contributed by atoms with E-state index in [2.05, 4.69) is 9.97 Å². The number of hydrogen-bond acceptors (Lipinski definition) is 4. The van der Waals surface area contributed by atoms with Crippen LogP contribution in [-0.4, -0.2) is 48.1 Å². The van der Waals surface area contributed by atoms with E-state index in [1.165, 1.54) is 0 Å². The van der Waals surface area contributed by atoms with Gasteiger partial charge in [0.25, 0.3) is 0 Å². The first kappa shape index (κ1) is 16.4. The van der Waals surface area contributed by atoms with Gasteiger partial charge in [0, 0.05) is 37.0 Å². The number of nitrogens with one attached hydrogen (secondary N) is 1. The van der Waals surface area contributed by atoms with Crippen LogP contribution in [0.3, 0.4) is 0 Å². The van der Waals surface area contributed by atoms with Gasteiger partial charge in [-0.3, -0.25) is 4.79 Å². The summed E-state index contributed by atoms with van der Waals surface area (Å²) in [7, 11) is 3.20. The standard InChI is InChI=1S/C18H23N3O3/c1-23-15-5-3-4-14(17(15)24-2)12-16(22)21-10-6-13(7-11-21)18-19-8-9-20-18/h3-5,8-9,13H,6-7,10-12H2,1-2H3,(H,19,20). The summed E-state index contributed by atoms with van der Waals surface area (Å²) < 4.78 is 10.7. The molecule has 24 heavy (non-hydrogen) atoms. The fourth-order valence-corrected chi connectivity index (χ4v) is 3.27. The third-order valence-corrected chi connectivity index (χ3v) is 4.58. The van der Waals surface area contributed by atoms with Crippen LogP contribution in [0.25, 0.3) is 0 Å². The lowest BCUT2D eigenvalue weighted by molar-refractivity contribution is -0.131. The van der Waals surface area contributed by atoms with E-state index < -0.39 is 0 Å². The van der Waals surface area contributed by atoms with Crippen LogP contribution >= 0.6 is 0 Å². The Morgan fingerprint density at radius 2 is 2.08 bits per heavy atom. The highest BCUT2D eigenvalue weighted by atomic mass is 16.5. The number of likely N-dealkylation sites (tertiary alicyclic amines) is 1. The van der Waals surface area contributed by atoms with Crippen LogP contribution in [0, 0.1) is 0 Å². The molecule has 0 radical (unpaired) electrons. The fourth-order valence-electron chi connectivity index (χ4n) is 3.27. The first-order valence-corrected chi connectivity index (χ1v) is 8.20. The first-order valence-electron chi connectivity index (χ1n) is 8.20. The molecule has 1 saturated heterocycles. The number of imidazole rings is 1. The molecule has 1 fully saturated rings. The van der Waals surface area contributed by atoms with Gasteiger partial charge in [-0.15, -0.1) is 0 Å². The van der Waals surface area contributed by atoms with Crippen molar-refractivity contribution >= 4 is 5.91 Å². The van der Waals surface area contributed by atoms with Crippen molar-refractivity contribution in [1.29, 1.82) is 0 Å². The van der Waals surface area contributed by atoms with E-state index in [4.69, 9.17) is 9.47 Å². The van der Waals surface area contributed by atoms with Crippen LogP contribution in [-0.2, 0) is 11.2 Å². The van der Waals surface area contributed by atoms with Gasteiger partial charge in [0.05, 0.1) is 20.6 Å². The number of H-pyrrole nitrogens is 1. The van der Waals surface area contributed by atoms with Gasteiger partial charge in [0.1, 0.15) is 5.82 Å². The Hall–Kier alpha value is -2.50. The Balaban J connectivity index is 1.62. The fraction of sp³-hybridized carbons (Fsp3) is 0.444. The van der Waals surface area contributed by atoms with Crippen molar-refractivity contribution in [1.82, 2.24) is 14.9 Å². The Morgan fingerprint density at radius 1 is 1.29 bits per heavy atom. The molecule has 0 aliphatic carbocycles. The number of nitrogens with zero attached hydrogens (tertiary/aromatic N) is 2. The summed E-state index contributed by atoms with van der Waals surface area (Å²) in [4.78, 5) is 22.1. The molecule has 6 nitrogen and oxygen atoms in total. The number of amides is 1. The second kappa shape index (κ2) is 7.38. The van der Waals surface area contributed by atoms with Crippen molar-refractivity contribution in [3.05, 3.63) is 42.0 Å². The molecule has 0 unspecified atom stereocenters. The minimum Gasteiger partial charge on any atom is -0.493 e. The van der Waals surface area contributed by atoms with Gasteiger partial charge in [-0.25, -0.2) is 4.98 Å². The number of benzene rings is 1. The average Bonchev–Trinajstić information content (AvgIpc) is 3.16. The van der Waals surface area contributed by atoms with Crippen LogP contribution < -0.4 is 9.47 Å². The maximum absolute atomic E-state index is 12.6. The summed E-state index contributed by atoms with van der Waals surface area (Å²) in [6.07, 6.45) is 5.83. The molecule has 1 amide bonds. The minimum absolute atomic E-state index is 0.124. The Morgan fingerprint density at radius 3 is 2.71 bits per heavy atom. The van der Waals surface area contributed by atoms with Crippen molar-refractivity contribution in [2.24, 2.45) is 0 Å². The zero-order valence-corrected chi connectivity index (χ0v) is 14.1. The maximum atomic E-state index is 12.6. The van der Waals surface area contributed by atoms with E-state index in [1.54, 1.807) is 20.4 Å². The van der Waals surface area contributed by atoms with E-state index in [1.807, 2.05) is 29.3 Å². The topological polar surface area (TPSA) is 67.5 Å². The molecule has 3 rings (SSSR count). The molecule has 2 aromatic rings. The zero-order valence-electron chi connectivity index (χ0n) is 14.1. The molecule has 0 atom stereocenters. The van der Waals surface area contributed by atoms with Crippen LogP contribution in [0.5, 0.6) is 11.5 Å². The quantitative estimate of drug-likeness (QED) is 0.914. The average molecular weight is 329 g/mol. The van der Waals surface area contributed by atoms with Crippen molar-refractivity contribution in [2.45, 2.75) is 25.2 Å². The number of aromatic amines is 1. The minimum atomic E-state index is 0.124. The van der Waals surface area contributed by atoms with Crippen LogP contribution in [0.1, 0.15) is 30.1 Å². The van der Waals surface area contributed by atoms with E-state index in [0.29, 0.717) is 23.8 Å². The van der Waals surface area contributed by atoms with E-state index in [0.717, 1.165) is 37.3 Å². The molecule has 2 heterocycles. The molecular formula is C18H23N3O3.